The van der Waals surface area contributed by atoms with Crippen LogP contribution in [0.1, 0.15) is 0 Å². The van der Waals surface area contributed by atoms with E-state index in [0.717, 1.165) is 14.2 Å². The minimum absolute atomic E-state index is 0.525. The number of hydrogen-bond acceptors (Lipinski definition) is 3. The van der Waals surface area contributed by atoms with E-state index in [1.807, 2.05) is 42.5 Å². The Morgan fingerprint density at radius 3 is 1.64 bits per heavy atom. The lowest BCUT2D eigenvalue weighted by molar-refractivity contribution is 0.591. The number of hydrogen-bond donors (Lipinski definition) is 0. The van der Waals surface area contributed by atoms with E-state index in [-0.39, 0.29) is 0 Å². The highest BCUT2D eigenvalue weighted by molar-refractivity contribution is 9.10. The van der Waals surface area contributed by atoms with E-state index >= 15 is 0 Å². The number of benzene rings is 1. The molecular weight excluding hydrogens is 427 g/mol. The zero-order chi connectivity index (χ0) is 15.6. The number of aromatic nitrogens is 2. The van der Waals surface area contributed by atoms with Gasteiger partial charge in [-0.05, 0) is 56.1 Å². The Bertz CT molecular complexity index is 772. The van der Waals surface area contributed by atoms with Crippen LogP contribution < -0.4 is 16.2 Å². The van der Waals surface area contributed by atoms with Crippen molar-refractivity contribution in [1.29, 1.82) is 0 Å². The van der Waals surface area contributed by atoms with Crippen LogP contribution in [0.3, 0.4) is 0 Å². The summed E-state index contributed by atoms with van der Waals surface area (Å²) >= 11 is 6.72. The van der Waals surface area contributed by atoms with Crippen LogP contribution in [-0.4, -0.2) is 9.97 Å². The summed E-state index contributed by atoms with van der Waals surface area (Å²) in [4.78, 5) is 8.73. The number of halogens is 2. The molecule has 0 atom stereocenters. The molecule has 22 heavy (non-hydrogen) atoms. The fourth-order valence-corrected chi connectivity index (χ4v) is 4.96. The van der Waals surface area contributed by atoms with Gasteiger partial charge < -0.3 is 4.57 Å². The summed E-state index contributed by atoms with van der Waals surface area (Å²) in [7, 11) is -3.08. The Morgan fingerprint density at radius 2 is 1.23 bits per heavy atom. The highest BCUT2D eigenvalue weighted by atomic mass is 79.9. The third-order valence-electron chi connectivity index (χ3n) is 3.19. The summed E-state index contributed by atoms with van der Waals surface area (Å²) in [6.07, 6.45) is 3.31. The average Bonchev–Trinajstić information content (AvgIpc) is 2.56. The van der Waals surface area contributed by atoms with Gasteiger partial charge in [-0.3, -0.25) is 9.97 Å². The smallest absolute Gasteiger partial charge is 0.205 e. The summed E-state index contributed by atoms with van der Waals surface area (Å²) < 4.78 is 15.6. The molecule has 0 saturated carbocycles. The van der Waals surface area contributed by atoms with Crippen molar-refractivity contribution in [3.63, 3.8) is 0 Å². The van der Waals surface area contributed by atoms with Crippen LogP contribution in [0.5, 0.6) is 0 Å². The molecule has 0 aliphatic rings. The Hall–Kier alpha value is -1.29. The summed E-state index contributed by atoms with van der Waals surface area (Å²) in [5.41, 5.74) is 1.05. The van der Waals surface area contributed by atoms with Crippen LogP contribution in [-0.2, 0) is 4.57 Å². The maximum atomic E-state index is 13.9. The van der Waals surface area contributed by atoms with E-state index in [1.54, 1.807) is 24.5 Å². The predicted molar refractivity (Wildman–Crippen MR) is 96.8 cm³/mol. The maximum absolute atomic E-state index is 13.9. The molecule has 1 aromatic carbocycles. The number of rotatable bonds is 3. The lowest BCUT2D eigenvalue weighted by atomic mass is 10.4. The van der Waals surface area contributed by atoms with Crippen LogP contribution in [0.15, 0.2) is 75.9 Å². The number of pyridine rings is 2. The van der Waals surface area contributed by atoms with Gasteiger partial charge in [0.15, 0.2) is 0 Å². The minimum Gasteiger partial charge on any atom is -0.305 e. The first kappa shape index (κ1) is 15.6. The highest BCUT2D eigenvalue weighted by Crippen LogP contribution is 2.40. The second kappa shape index (κ2) is 6.45. The minimum atomic E-state index is -3.08. The zero-order valence-electron chi connectivity index (χ0n) is 11.4. The third kappa shape index (κ3) is 2.94. The van der Waals surface area contributed by atoms with Crippen LogP contribution in [0.25, 0.3) is 0 Å². The van der Waals surface area contributed by atoms with Gasteiger partial charge in [-0.2, -0.15) is 0 Å². The van der Waals surface area contributed by atoms with Gasteiger partial charge in [0.2, 0.25) is 7.14 Å². The van der Waals surface area contributed by atoms with Gasteiger partial charge >= 0.3 is 0 Å². The molecule has 0 fully saturated rings. The molecule has 3 rings (SSSR count). The van der Waals surface area contributed by atoms with Crippen LogP contribution in [0.4, 0.5) is 0 Å². The van der Waals surface area contributed by atoms with Crippen molar-refractivity contribution in [3.05, 3.63) is 75.9 Å². The molecule has 0 N–H and O–H groups in total. The van der Waals surface area contributed by atoms with E-state index in [4.69, 9.17) is 0 Å². The quantitative estimate of drug-likeness (QED) is 0.587. The second-order valence-corrected chi connectivity index (χ2v) is 9.10. The Balaban J connectivity index is 2.25. The molecule has 0 aliphatic carbocycles. The van der Waals surface area contributed by atoms with Gasteiger partial charge in [-0.15, -0.1) is 0 Å². The molecule has 3 aromatic rings. The molecule has 0 unspecified atom stereocenters. The monoisotopic (exact) mass is 436 g/mol. The van der Waals surface area contributed by atoms with Crippen LogP contribution in [0.2, 0.25) is 0 Å². The van der Waals surface area contributed by atoms with Crippen molar-refractivity contribution in [2.75, 3.05) is 0 Å². The van der Waals surface area contributed by atoms with Gasteiger partial charge in [0.1, 0.15) is 10.9 Å². The van der Waals surface area contributed by atoms with Crippen molar-refractivity contribution < 1.29 is 4.57 Å². The van der Waals surface area contributed by atoms with Gasteiger partial charge in [0.05, 0.1) is 0 Å². The summed E-state index contributed by atoms with van der Waals surface area (Å²) in [5.74, 6) is 0. The lowest BCUT2D eigenvalue weighted by Crippen LogP contribution is -2.28. The summed E-state index contributed by atoms with van der Waals surface area (Å²) in [5, 5.41) is 0.722. The van der Waals surface area contributed by atoms with Crippen molar-refractivity contribution in [2.24, 2.45) is 0 Å². The second-order valence-electron chi connectivity index (χ2n) is 4.61. The van der Waals surface area contributed by atoms with Gasteiger partial charge in [-0.25, -0.2) is 0 Å². The molecule has 0 spiro atoms. The van der Waals surface area contributed by atoms with Crippen molar-refractivity contribution in [1.82, 2.24) is 9.97 Å². The third-order valence-corrected chi connectivity index (χ3v) is 6.97. The van der Waals surface area contributed by atoms with E-state index in [0.29, 0.717) is 10.9 Å². The van der Waals surface area contributed by atoms with E-state index in [1.165, 1.54) is 0 Å². The largest absolute Gasteiger partial charge is 0.305 e. The standard InChI is InChI=1S/C16H11Br2N2OP/c17-12-6-8-15(19-10-12)22(21,14-4-2-1-3-5-14)16-9-7-13(18)11-20-16/h1-11H. The molecule has 0 bridgehead atoms. The van der Waals surface area contributed by atoms with Crippen molar-refractivity contribution in [2.45, 2.75) is 0 Å². The highest BCUT2D eigenvalue weighted by Gasteiger charge is 2.32. The first-order valence-corrected chi connectivity index (χ1v) is 9.80. The number of nitrogens with zero attached hydrogens (tertiary/aromatic N) is 2. The van der Waals surface area contributed by atoms with E-state index in [9.17, 15) is 4.57 Å². The molecule has 110 valence electrons. The topological polar surface area (TPSA) is 42.9 Å². The van der Waals surface area contributed by atoms with Crippen LogP contribution >= 0.6 is 39.0 Å². The zero-order valence-corrected chi connectivity index (χ0v) is 15.4. The Labute approximate surface area is 145 Å². The van der Waals surface area contributed by atoms with Gasteiger partial charge in [0, 0.05) is 26.6 Å². The molecule has 0 aliphatic heterocycles. The molecule has 3 nitrogen and oxygen atoms in total. The summed E-state index contributed by atoms with van der Waals surface area (Å²) in [6.45, 7) is 0. The Morgan fingerprint density at radius 1 is 0.727 bits per heavy atom. The first-order chi connectivity index (χ1) is 10.6. The summed E-state index contributed by atoms with van der Waals surface area (Å²) in [6, 6.07) is 16.6. The average molecular weight is 438 g/mol. The van der Waals surface area contributed by atoms with E-state index < -0.39 is 7.14 Å². The molecule has 6 heteroatoms. The molecule has 2 heterocycles. The molecule has 0 amide bonds. The van der Waals surface area contributed by atoms with Crippen LogP contribution in [0, 0.1) is 0 Å². The Kier molecular flexibility index (Phi) is 4.57. The van der Waals surface area contributed by atoms with Crippen molar-refractivity contribution >= 4 is 55.2 Å². The predicted octanol–water partition coefficient (Wildman–Crippen LogP) is 3.64. The van der Waals surface area contributed by atoms with E-state index in [2.05, 4.69) is 41.8 Å². The normalized spacial score (nSPS) is 11.4. The van der Waals surface area contributed by atoms with Gasteiger partial charge in [-0.1, -0.05) is 30.3 Å². The SMILES string of the molecule is O=P(c1ccccc1)(c1ccc(Br)cn1)c1ccc(Br)cn1. The molecule has 2 aromatic heterocycles. The molecule has 0 saturated heterocycles. The fourth-order valence-electron chi connectivity index (χ4n) is 2.13. The van der Waals surface area contributed by atoms with Crippen molar-refractivity contribution in [3.8, 4) is 0 Å². The van der Waals surface area contributed by atoms with Gasteiger partial charge in [0.25, 0.3) is 0 Å². The fraction of sp³-hybridized carbons (Fsp3) is 0. The maximum Gasteiger partial charge on any atom is 0.205 e. The first-order valence-electron chi connectivity index (χ1n) is 6.50. The lowest BCUT2D eigenvalue weighted by Gasteiger charge is -2.17. The molecule has 0 radical (unpaired) electrons. The molecular formula is C16H11Br2N2OP.